The van der Waals surface area contributed by atoms with Gasteiger partial charge in [0, 0.05) is 41.1 Å². The monoisotopic (exact) mass is 372 g/mol. The van der Waals surface area contributed by atoms with Gasteiger partial charge in [-0.25, -0.2) is 0 Å². The summed E-state index contributed by atoms with van der Waals surface area (Å²) in [5.41, 5.74) is 5.35. The number of fused-ring (bicyclic) bond motifs is 1. The number of H-pyrrole nitrogens is 1. The molecule has 1 atom stereocenters. The van der Waals surface area contributed by atoms with E-state index in [0.717, 1.165) is 12.0 Å². The Bertz CT molecular complexity index is 1090. The van der Waals surface area contributed by atoms with Crippen LogP contribution in [0.3, 0.4) is 0 Å². The maximum absolute atomic E-state index is 12.7. The summed E-state index contributed by atoms with van der Waals surface area (Å²) in [6, 6.07) is 15.9. The van der Waals surface area contributed by atoms with Crippen LogP contribution in [0.25, 0.3) is 10.9 Å². The number of benzene rings is 2. The van der Waals surface area contributed by atoms with E-state index in [9.17, 15) is 4.79 Å². The molecule has 28 heavy (non-hydrogen) atoms. The van der Waals surface area contributed by atoms with Crippen LogP contribution in [-0.2, 0) is 13.0 Å². The largest absolute Gasteiger partial charge is 0.361 e. The van der Waals surface area contributed by atoms with Crippen LogP contribution in [0.15, 0.2) is 67.1 Å². The molecule has 2 heterocycles. The minimum atomic E-state index is -0.0502. The van der Waals surface area contributed by atoms with Crippen LogP contribution in [-0.4, -0.2) is 26.7 Å². The van der Waals surface area contributed by atoms with Crippen LogP contribution in [0.2, 0.25) is 0 Å². The van der Waals surface area contributed by atoms with Crippen molar-refractivity contribution in [1.29, 1.82) is 0 Å². The molecule has 5 heteroatoms. The third-order valence-electron chi connectivity index (χ3n) is 5.01. The van der Waals surface area contributed by atoms with E-state index in [1.807, 2.05) is 54.3 Å². The number of rotatable bonds is 6. The van der Waals surface area contributed by atoms with Crippen molar-refractivity contribution in [2.45, 2.75) is 32.9 Å². The molecule has 0 radical (unpaired) electrons. The quantitative estimate of drug-likeness (QED) is 0.536. The molecule has 4 rings (SSSR count). The van der Waals surface area contributed by atoms with E-state index in [0.29, 0.717) is 12.1 Å². The number of hydrogen-bond donors (Lipinski definition) is 2. The Morgan fingerprint density at radius 1 is 1.21 bits per heavy atom. The molecule has 0 bridgehead atoms. The minimum absolute atomic E-state index is 0.0294. The predicted octanol–water partition coefficient (Wildman–Crippen LogP) is 4.08. The lowest BCUT2D eigenvalue weighted by Gasteiger charge is -2.14. The lowest BCUT2D eigenvalue weighted by molar-refractivity contribution is 0.0940. The molecule has 0 spiro atoms. The lowest BCUT2D eigenvalue weighted by Crippen LogP contribution is -2.34. The number of aromatic amines is 1. The zero-order valence-corrected chi connectivity index (χ0v) is 16.1. The number of carbonyl (C=O) groups is 1. The van der Waals surface area contributed by atoms with Gasteiger partial charge in [0.1, 0.15) is 0 Å². The van der Waals surface area contributed by atoms with E-state index >= 15 is 0 Å². The van der Waals surface area contributed by atoms with Gasteiger partial charge < -0.3 is 10.3 Å². The molecule has 1 amide bonds. The smallest absolute Gasteiger partial charge is 0.251 e. The van der Waals surface area contributed by atoms with E-state index < -0.39 is 0 Å². The maximum atomic E-state index is 12.7. The van der Waals surface area contributed by atoms with Crippen LogP contribution < -0.4 is 5.32 Å². The first-order valence-corrected chi connectivity index (χ1v) is 9.53. The minimum Gasteiger partial charge on any atom is -0.361 e. The number of carbonyl (C=O) groups excluding carboxylic acids is 1. The molecular weight excluding hydrogens is 348 g/mol. The highest BCUT2D eigenvalue weighted by molar-refractivity contribution is 5.94. The Hall–Kier alpha value is -3.34. The van der Waals surface area contributed by atoms with Crippen LogP contribution in [0.4, 0.5) is 0 Å². The van der Waals surface area contributed by atoms with Gasteiger partial charge in [0.15, 0.2) is 0 Å². The zero-order chi connectivity index (χ0) is 19.5. The summed E-state index contributed by atoms with van der Waals surface area (Å²) in [6.45, 7) is 4.79. The topological polar surface area (TPSA) is 62.7 Å². The fourth-order valence-electron chi connectivity index (χ4n) is 3.61. The predicted molar refractivity (Wildman–Crippen MR) is 111 cm³/mol. The molecule has 4 aromatic rings. The highest BCUT2D eigenvalue weighted by atomic mass is 16.1. The highest BCUT2D eigenvalue weighted by Crippen LogP contribution is 2.22. The van der Waals surface area contributed by atoms with Crippen LogP contribution in [0, 0.1) is 6.92 Å². The summed E-state index contributed by atoms with van der Waals surface area (Å²) in [7, 11) is 0. The van der Waals surface area contributed by atoms with Gasteiger partial charge in [0.2, 0.25) is 0 Å². The first-order chi connectivity index (χ1) is 13.6. The van der Waals surface area contributed by atoms with Gasteiger partial charge in [-0.3, -0.25) is 9.48 Å². The molecule has 0 aliphatic carbocycles. The normalized spacial score (nSPS) is 12.2. The number of aryl methyl sites for hydroxylation is 1. The summed E-state index contributed by atoms with van der Waals surface area (Å²) in [5.74, 6) is -0.0502. The number of aromatic nitrogens is 3. The summed E-state index contributed by atoms with van der Waals surface area (Å²) in [5, 5.41) is 8.57. The third-order valence-corrected chi connectivity index (χ3v) is 5.01. The molecule has 142 valence electrons. The molecule has 0 aliphatic rings. The molecule has 2 aromatic carbocycles. The van der Waals surface area contributed by atoms with Gasteiger partial charge in [-0.1, -0.05) is 30.3 Å². The van der Waals surface area contributed by atoms with Crippen molar-refractivity contribution >= 4 is 16.8 Å². The van der Waals surface area contributed by atoms with Gasteiger partial charge >= 0.3 is 0 Å². The second-order valence-electron chi connectivity index (χ2n) is 7.29. The number of nitrogens with one attached hydrogen (secondary N) is 2. The second-order valence-corrected chi connectivity index (χ2v) is 7.29. The second kappa shape index (κ2) is 7.72. The van der Waals surface area contributed by atoms with E-state index in [4.69, 9.17) is 0 Å². The highest BCUT2D eigenvalue weighted by Gasteiger charge is 2.13. The number of hydrogen-bond acceptors (Lipinski definition) is 2. The SMILES string of the molecule is Cc1cccc2c(C[C@@H](C)NC(=O)c3cccc(Cn4cccn4)c3)c[nH]c12. The third kappa shape index (κ3) is 3.83. The van der Waals surface area contributed by atoms with E-state index in [-0.39, 0.29) is 11.9 Å². The van der Waals surface area contributed by atoms with E-state index in [2.05, 4.69) is 40.5 Å². The Labute approximate surface area is 164 Å². The number of nitrogens with zero attached hydrogens (tertiary/aromatic N) is 2. The Balaban J connectivity index is 1.43. The van der Waals surface area contributed by atoms with Crippen molar-refractivity contribution in [1.82, 2.24) is 20.1 Å². The van der Waals surface area contributed by atoms with Crippen molar-refractivity contribution < 1.29 is 4.79 Å². The van der Waals surface area contributed by atoms with Gasteiger partial charge in [0.25, 0.3) is 5.91 Å². The summed E-state index contributed by atoms with van der Waals surface area (Å²) >= 11 is 0. The number of amides is 1. The molecule has 2 N–H and O–H groups in total. The Morgan fingerprint density at radius 2 is 2.07 bits per heavy atom. The molecule has 5 nitrogen and oxygen atoms in total. The Morgan fingerprint density at radius 3 is 2.89 bits per heavy atom. The average Bonchev–Trinajstić information content (AvgIpc) is 3.33. The maximum Gasteiger partial charge on any atom is 0.251 e. The summed E-state index contributed by atoms with van der Waals surface area (Å²) in [4.78, 5) is 16.1. The molecular formula is C23H24N4O. The molecule has 2 aromatic heterocycles. The zero-order valence-electron chi connectivity index (χ0n) is 16.1. The lowest BCUT2D eigenvalue weighted by atomic mass is 10.0. The molecule has 0 aliphatic heterocycles. The Kier molecular flexibility index (Phi) is 4.98. The van der Waals surface area contributed by atoms with E-state index in [1.165, 1.54) is 22.0 Å². The first-order valence-electron chi connectivity index (χ1n) is 9.53. The summed E-state index contributed by atoms with van der Waals surface area (Å²) < 4.78 is 1.85. The van der Waals surface area contributed by atoms with E-state index in [1.54, 1.807) is 6.20 Å². The van der Waals surface area contributed by atoms with Crippen LogP contribution in [0.1, 0.15) is 34.0 Å². The summed E-state index contributed by atoms with van der Waals surface area (Å²) in [6.07, 6.45) is 6.50. The van der Waals surface area contributed by atoms with Crippen molar-refractivity contribution in [3.05, 3.63) is 89.4 Å². The molecule has 0 unspecified atom stereocenters. The molecule has 0 fully saturated rings. The fourth-order valence-corrected chi connectivity index (χ4v) is 3.61. The molecule has 0 saturated carbocycles. The molecule has 0 saturated heterocycles. The van der Waals surface area contributed by atoms with Crippen molar-refractivity contribution in [2.24, 2.45) is 0 Å². The van der Waals surface area contributed by atoms with Gasteiger partial charge in [0.05, 0.1) is 6.54 Å². The van der Waals surface area contributed by atoms with Crippen molar-refractivity contribution in [3.8, 4) is 0 Å². The van der Waals surface area contributed by atoms with Gasteiger partial charge in [-0.2, -0.15) is 5.10 Å². The van der Waals surface area contributed by atoms with Gasteiger partial charge in [-0.15, -0.1) is 0 Å². The first kappa shape index (κ1) is 18.0. The standard InChI is InChI=1S/C23H24N4O/c1-16-6-3-9-21-20(14-24-22(16)21)12-17(2)26-23(28)19-8-4-7-18(13-19)15-27-11-5-10-25-27/h3-11,13-14,17,24H,12,15H2,1-2H3,(H,26,28)/t17-/m1/s1. The van der Waals surface area contributed by atoms with Crippen molar-refractivity contribution in [3.63, 3.8) is 0 Å². The van der Waals surface area contributed by atoms with Gasteiger partial charge in [-0.05, 0) is 55.2 Å². The average molecular weight is 372 g/mol. The fraction of sp³-hybridized carbons (Fsp3) is 0.217. The van der Waals surface area contributed by atoms with Crippen LogP contribution >= 0.6 is 0 Å². The van der Waals surface area contributed by atoms with Crippen LogP contribution in [0.5, 0.6) is 0 Å². The van der Waals surface area contributed by atoms with Crippen molar-refractivity contribution in [2.75, 3.05) is 0 Å². The number of para-hydroxylation sites is 1.